The van der Waals surface area contributed by atoms with Crippen LogP contribution in [0.5, 0.6) is 5.75 Å². The van der Waals surface area contributed by atoms with Gasteiger partial charge in [0, 0.05) is 31.8 Å². The van der Waals surface area contributed by atoms with E-state index in [2.05, 4.69) is 18.7 Å². The summed E-state index contributed by atoms with van der Waals surface area (Å²) in [6.07, 6.45) is 1.21. The second-order valence-electron chi connectivity index (χ2n) is 6.07. The number of methoxy groups -OCH3 is 1. The zero-order chi connectivity index (χ0) is 16.1. The first-order valence-electron chi connectivity index (χ1n) is 7.75. The maximum absolute atomic E-state index is 11.2. The van der Waals surface area contributed by atoms with Crippen LogP contribution in [-0.2, 0) is 11.3 Å². The van der Waals surface area contributed by atoms with Crippen molar-refractivity contribution in [2.24, 2.45) is 5.92 Å². The van der Waals surface area contributed by atoms with E-state index in [0.29, 0.717) is 18.0 Å². The SMILES string of the molecule is COc1ccc(C(=O)O)cc1CN1CCCOC(C(C)C)C1. The molecular weight excluding hydrogens is 282 g/mol. The molecule has 1 aliphatic rings. The molecule has 0 aliphatic carbocycles. The first-order valence-corrected chi connectivity index (χ1v) is 7.75. The van der Waals surface area contributed by atoms with Gasteiger partial charge in [-0.25, -0.2) is 4.79 Å². The van der Waals surface area contributed by atoms with Gasteiger partial charge in [-0.05, 0) is 30.5 Å². The lowest BCUT2D eigenvalue weighted by atomic mass is 10.1. The maximum Gasteiger partial charge on any atom is 0.335 e. The van der Waals surface area contributed by atoms with Crippen LogP contribution >= 0.6 is 0 Å². The molecule has 122 valence electrons. The molecule has 5 nitrogen and oxygen atoms in total. The normalized spacial score (nSPS) is 19.9. The molecule has 1 unspecified atom stereocenters. The largest absolute Gasteiger partial charge is 0.496 e. The van der Waals surface area contributed by atoms with E-state index >= 15 is 0 Å². The Morgan fingerprint density at radius 1 is 1.50 bits per heavy atom. The number of ether oxygens (including phenoxy) is 2. The topological polar surface area (TPSA) is 59.0 Å². The Morgan fingerprint density at radius 2 is 2.27 bits per heavy atom. The number of carboxylic acids is 1. The Bertz CT molecular complexity index is 515. The molecule has 0 amide bonds. The lowest BCUT2D eigenvalue weighted by Gasteiger charge is -2.26. The molecule has 1 aliphatic heterocycles. The highest BCUT2D eigenvalue weighted by Gasteiger charge is 2.22. The third-order valence-corrected chi connectivity index (χ3v) is 4.05. The van der Waals surface area contributed by atoms with Crippen LogP contribution in [0.15, 0.2) is 18.2 Å². The summed E-state index contributed by atoms with van der Waals surface area (Å²) >= 11 is 0. The summed E-state index contributed by atoms with van der Waals surface area (Å²) < 4.78 is 11.3. The summed E-state index contributed by atoms with van der Waals surface area (Å²) in [7, 11) is 1.61. The van der Waals surface area contributed by atoms with E-state index in [-0.39, 0.29) is 6.10 Å². The van der Waals surface area contributed by atoms with Crippen molar-refractivity contribution < 1.29 is 19.4 Å². The summed E-state index contributed by atoms with van der Waals surface area (Å²) in [6.45, 7) is 7.60. The van der Waals surface area contributed by atoms with Crippen LogP contribution in [0.2, 0.25) is 0 Å². The minimum Gasteiger partial charge on any atom is -0.496 e. The molecule has 5 heteroatoms. The fourth-order valence-electron chi connectivity index (χ4n) is 2.74. The lowest BCUT2D eigenvalue weighted by Crippen LogP contribution is -2.34. The van der Waals surface area contributed by atoms with E-state index in [1.807, 2.05) is 0 Å². The van der Waals surface area contributed by atoms with Gasteiger partial charge in [-0.1, -0.05) is 13.8 Å². The van der Waals surface area contributed by atoms with Crippen molar-refractivity contribution in [3.63, 3.8) is 0 Å². The van der Waals surface area contributed by atoms with Crippen LogP contribution in [0.3, 0.4) is 0 Å². The van der Waals surface area contributed by atoms with Crippen molar-refractivity contribution >= 4 is 5.97 Å². The number of benzene rings is 1. The van der Waals surface area contributed by atoms with E-state index in [4.69, 9.17) is 14.6 Å². The average Bonchev–Trinajstić information content (AvgIpc) is 2.73. The first kappa shape index (κ1) is 16.8. The van der Waals surface area contributed by atoms with Gasteiger partial charge in [0.1, 0.15) is 5.75 Å². The Hall–Kier alpha value is -1.59. The monoisotopic (exact) mass is 307 g/mol. The quantitative estimate of drug-likeness (QED) is 0.906. The Labute approximate surface area is 131 Å². The van der Waals surface area contributed by atoms with Gasteiger partial charge in [-0.3, -0.25) is 4.90 Å². The maximum atomic E-state index is 11.2. The van der Waals surface area contributed by atoms with E-state index in [1.165, 1.54) is 0 Å². The molecule has 2 rings (SSSR count). The highest BCUT2D eigenvalue weighted by molar-refractivity contribution is 5.88. The fourth-order valence-corrected chi connectivity index (χ4v) is 2.74. The Kier molecular flexibility index (Phi) is 5.80. The molecule has 1 saturated heterocycles. The van der Waals surface area contributed by atoms with Gasteiger partial charge in [0.05, 0.1) is 18.8 Å². The second kappa shape index (κ2) is 7.61. The van der Waals surface area contributed by atoms with Crippen molar-refractivity contribution in [1.82, 2.24) is 4.90 Å². The van der Waals surface area contributed by atoms with Crippen LogP contribution in [-0.4, -0.2) is 48.9 Å². The zero-order valence-corrected chi connectivity index (χ0v) is 13.5. The molecule has 1 atom stereocenters. The molecule has 0 aromatic heterocycles. The zero-order valence-electron chi connectivity index (χ0n) is 13.5. The number of carboxylic acid groups (broad SMARTS) is 1. The fraction of sp³-hybridized carbons (Fsp3) is 0.588. The lowest BCUT2D eigenvalue weighted by molar-refractivity contribution is 0.0221. The summed E-state index contributed by atoms with van der Waals surface area (Å²) in [5.74, 6) is 0.285. The molecule has 1 heterocycles. The molecule has 1 N–H and O–H groups in total. The molecule has 1 aromatic carbocycles. The van der Waals surface area contributed by atoms with E-state index in [0.717, 1.165) is 37.4 Å². The van der Waals surface area contributed by atoms with Crippen molar-refractivity contribution in [3.05, 3.63) is 29.3 Å². The van der Waals surface area contributed by atoms with Crippen molar-refractivity contribution in [1.29, 1.82) is 0 Å². The van der Waals surface area contributed by atoms with Gasteiger partial charge in [-0.15, -0.1) is 0 Å². The molecule has 1 aromatic rings. The number of carbonyl (C=O) groups is 1. The summed E-state index contributed by atoms with van der Waals surface area (Å²) in [5, 5.41) is 9.16. The number of aromatic carboxylic acids is 1. The number of nitrogens with zero attached hydrogens (tertiary/aromatic N) is 1. The van der Waals surface area contributed by atoms with E-state index in [1.54, 1.807) is 25.3 Å². The predicted octanol–water partition coefficient (Wildman–Crippen LogP) is 2.64. The van der Waals surface area contributed by atoms with Crippen LogP contribution in [0.1, 0.15) is 36.2 Å². The van der Waals surface area contributed by atoms with Crippen LogP contribution in [0, 0.1) is 5.92 Å². The highest BCUT2D eigenvalue weighted by Crippen LogP contribution is 2.23. The summed E-state index contributed by atoms with van der Waals surface area (Å²) in [6, 6.07) is 5.01. The molecular formula is C17H25NO4. The van der Waals surface area contributed by atoms with Crippen LogP contribution < -0.4 is 4.74 Å². The van der Waals surface area contributed by atoms with E-state index < -0.39 is 5.97 Å². The van der Waals surface area contributed by atoms with Crippen LogP contribution in [0.25, 0.3) is 0 Å². The third-order valence-electron chi connectivity index (χ3n) is 4.05. The second-order valence-corrected chi connectivity index (χ2v) is 6.07. The van der Waals surface area contributed by atoms with Gasteiger partial charge in [0.2, 0.25) is 0 Å². The molecule has 0 saturated carbocycles. The smallest absolute Gasteiger partial charge is 0.335 e. The van der Waals surface area contributed by atoms with Crippen molar-refractivity contribution in [3.8, 4) is 5.75 Å². The molecule has 1 fully saturated rings. The van der Waals surface area contributed by atoms with Crippen molar-refractivity contribution in [2.75, 3.05) is 26.8 Å². The minimum atomic E-state index is -0.914. The summed E-state index contributed by atoms with van der Waals surface area (Å²) in [5.41, 5.74) is 1.20. The summed E-state index contributed by atoms with van der Waals surface area (Å²) in [4.78, 5) is 13.5. The molecule has 0 radical (unpaired) electrons. The van der Waals surface area contributed by atoms with Gasteiger partial charge in [-0.2, -0.15) is 0 Å². The number of hydrogen-bond acceptors (Lipinski definition) is 4. The minimum absolute atomic E-state index is 0.219. The number of rotatable bonds is 5. The van der Waals surface area contributed by atoms with Gasteiger partial charge in [0.25, 0.3) is 0 Å². The standard InChI is InChI=1S/C17H25NO4/c1-12(2)16-11-18(7-4-8-22-16)10-14-9-13(17(19)20)5-6-15(14)21-3/h5-6,9,12,16H,4,7-8,10-11H2,1-3H3,(H,19,20). The first-order chi connectivity index (χ1) is 10.5. The highest BCUT2D eigenvalue weighted by atomic mass is 16.5. The van der Waals surface area contributed by atoms with Crippen molar-refractivity contribution in [2.45, 2.75) is 32.9 Å². The average molecular weight is 307 g/mol. The number of hydrogen-bond donors (Lipinski definition) is 1. The Balaban J connectivity index is 2.17. The van der Waals surface area contributed by atoms with Crippen LogP contribution in [0.4, 0.5) is 0 Å². The third kappa shape index (κ3) is 4.21. The molecule has 22 heavy (non-hydrogen) atoms. The van der Waals surface area contributed by atoms with Gasteiger partial charge < -0.3 is 14.6 Å². The van der Waals surface area contributed by atoms with Gasteiger partial charge >= 0.3 is 5.97 Å². The van der Waals surface area contributed by atoms with Gasteiger partial charge in [0.15, 0.2) is 0 Å². The molecule has 0 bridgehead atoms. The predicted molar refractivity (Wildman–Crippen MR) is 84.4 cm³/mol. The molecule has 0 spiro atoms. The Morgan fingerprint density at radius 3 is 2.91 bits per heavy atom. The van der Waals surface area contributed by atoms with E-state index in [9.17, 15) is 4.79 Å².